The fourth-order valence-electron chi connectivity index (χ4n) is 2.63. The van der Waals surface area contributed by atoms with E-state index in [9.17, 15) is 0 Å². The molecule has 0 saturated heterocycles. The summed E-state index contributed by atoms with van der Waals surface area (Å²) in [6, 6.07) is 10.2. The molecule has 1 aromatic carbocycles. The van der Waals surface area contributed by atoms with Crippen molar-refractivity contribution in [3.05, 3.63) is 45.4 Å². The lowest BCUT2D eigenvalue weighted by Gasteiger charge is -2.18. The average molecular weight is 320 g/mol. The predicted octanol–water partition coefficient (Wildman–Crippen LogP) is 5.07. The van der Waals surface area contributed by atoms with Crippen molar-refractivity contribution in [3.63, 3.8) is 0 Å². The van der Waals surface area contributed by atoms with Gasteiger partial charge in [-0.15, -0.1) is 11.3 Å². The largest absolute Gasteiger partial charge is 0.399 e. The zero-order chi connectivity index (χ0) is 15.1. The molecule has 2 aromatic heterocycles. The molecule has 3 aromatic rings. The number of hydrogen-bond donors (Lipinski definition) is 1. The number of benzene rings is 1. The van der Waals surface area contributed by atoms with E-state index in [2.05, 4.69) is 37.5 Å². The SMILES string of the molecule is CC(C)c1nc2cc(N)ccc2n1C(C)c1ccc(Cl)s1. The summed E-state index contributed by atoms with van der Waals surface area (Å²) in [5.41, 5.74) is 8.70. The molecule has 21 heavy (non-hydrogen) atoms. The molecule has 0 amide bonds. The molecule has 0 aliphatic rings. The Hall–Kier alpha value is -1.52. The molecule has 110 valence electrons. The third kappa shape index (κ3) is 2.54. The molecule has 0 radical (unpaired) electrons. The number of nitrogen functional groups attached to an aromatic ring is 1. The highest BCUT2D eigenvalue weighted by Gasteiger charge is 2.20. The van der Waals surface area contributed by atoms with Crippen LogP contribution in [0.5, 0.6) is 0 Å². The molecule has 2 heterocycles. The van der Waals surface area contributed by atoms with Gasteiger partial charge in [0.2, 0.25) is 0 Å². The monoisotopic (exact) mass is 319 g/mol. The lowest BCUT2D eigenvalue weighted by molar-refractivity contribution is 0.601. The Morgan fingerprint density at radius 3 is 2.57 bits per heavy atom. The Morgan fingerprint density at radius 1 is 1.19 bits per heavy atom. The first kappa shape index (κ1) is 14.4. The first-order chi connectivity index (χ1) is 9.97. The summed E-state index contributed by atoms with van der Waals surface area (Å²) in [6.45, 7) is 6.51. The maximum absolute atomic E-state index is 6.08. The summed E-state index contributed by atoms with van der Waals surface area (Å²) in [5.74, 6) is 1.42. The van der Waals surface area contributed by atoms with Crippen LogP contribution in [0.3, 0.4) is 0 Å². The minimum atomic E-state index is 0.202. The lowest BCUT2D eigenvalue weighted by Crippen LogP contribution is -2.10. The average Bonchev–Trinajstić information content (AvgIpc) is 3.01. The van der Waals surface area contributed by atoms with Crippen molar-refractivity contribution in [2.75, 3.05) is 5.73 Å². The van der Waals surface area contributed by atoms with Crippen LogP contribution in [0, 0.1) is 0 Å². The number of fused-ring (bicyclic) bond motifs is 1. The van der Waals surface area contributed by atoms with Gasteiger partial charge < -0.3 is 10.3 Å². The Morgan fingerprint density at radius 2 is 1.95 bits per heavy atom. The van der Waals surface area contributed by atoms with Crippen molar-refractivity contribution in [2.45, 2.75) is 32.7 Å². The van der Waals surface area contributed by atoms with Crippen LogP contribution in [0.15, 0.2) is 30.3 Å². The second kappa shape index (κ2) is 5.35. The van der Waals surface area contributed by atoms with E-state index in [1.54, 1.807) is 11.3 Å². The first-order valence-corrected chi connectivity index (χ1v) is 8.19. The maximum atomic E-state index is 6.08. The van der Waals surface area contributed by atoms with Gasteiger partial charge in [-0.05, 0) is 37.3 Å². The third-order valence-corrected chi connectivity index (χ3v) is 5.05. The fraction of sp³-hybridized carbons (Fsp3) is 0.312. The maximum Gasteiger partial charge on any atom is 0.113 e. The number of nitrogens with two attached hydrogens (primary N) is 1. The van der Waals surface area contributed by atoms with E-state index in [0.29, 0.717) is 5.92 Å². The zero-order valence-electron chi connectivity index (χ0n) is 12.3. The molecule has 3 rings (SSSR count). The molecule has 3 nitrogen and oxygen atoms in total. The summed E-state index contributed by atoms with van der Waals surface area (Å²) in [4.78, 5) is 6.02. The highest BCUT2D eigenvalue weighted by atomic mass is 35.5. The van der Waals surface area contributed by atoms with Gasteiger partial charge in [0.05, 0.1) is 21.4 Å². The van der Waals surface area contributed by atoms with Crippen LogP contribution in [-0.2, 0) is 0 Å². The van der Waals surface area contributed by atoms with Crippen molar-refractivity contribution in [1.82, 2.24) is 9.55 Å². The highest BCUT2D eigenvalue weighted by molar-refractivity contribution is 7.16. The van der Waals surface area contributed by atoms with E-state index in [-0.39, 0.29) is 6.04 Å². The minimum Gasteiger partial charge on any atom is -0.399 e. The van der Waals surface area contributed by atoms with Crippen LogP contribution in [0.25, 0.3) is 11.0 Å². The second-order valence-corrected chi connectivity index (χ2v) is 7.31. The molecule has 0 fully saturated rings. The van der Waals surface area contributed by atoms with E-state index in [1.165, 1.54) is 4.88 Å². The van der Waals surface area contributed by atoms with Gasteiger partial charge >= 0.3 is 0 Å². The number of aromatic nitrogens is 2. The number of hydrogen-bond acceptors (Lipinski definition) is 3. The molecule has 0 aliphatic heterocycles. The fourth-order valence-corrected chi connectivity index (χ4v) is 3.73. The molecule has 5 heteroatoms. The normalized spacial score (nSPS) is 13.2. The number of anilines is 1. The van der Waals surface area contributed by atoms with Crippen LogP contribution in [-0.4, -0.2) is 9.55 Å². The second-order valence-electron chi connectivity index (χ2n) is 5.56. The first-order valence-electron chi connectivity index (χ1n) is 7.00. The zero-order valence-corrected chi connectivity index (χ0v) is 13.9. The van der Waals surface area contributed by atoms with Crippen LogP contribution < -0.4 is 5.73 Å². The van der Waals surface area contributed by atoms with Crippen LogP contribution in [0.2, 0.25) is 4.34 Å². The van der Waals surface area contributed by atoms with E-state index in [4.69, 9.17) is 22.3 Å². The minimum absolute atomic E-state index is 0.202. The molecule has 0 saturated carbocycles. The van der Waals surface area contributed by atoms with E-state index >= 15 is 0 Å². The molecular formula is C16H18ClN3S. The molecule has 0 spiro atoms. The number of halogens is 1. The smallest absolute Gasteiger partial charge is 0.113 e. The summed E-state index contributed by atoms with van der Waals surface area (Å²) in [7, 11) is 0. The quantitative estimate of drug-likeness (QED) is 0.685. The molecule has 1 atom stereocenters. The topological polar surface area (TPSA) is 43.8 Å². The Balaban J connectivity index is 2.21. The van der Waals surface area contributed by atoms with E-state index in [0.717, 1.165) is 26.9 Å². The standard InChI is InChI=1S/C16H18ClN3S/c1-9(2)16-19-12-8-11(18)4-5-13(12)20(16)10(3)14-6-7-15(17)21-14/h4-10H,18H2,1-3H3. The predicted molar refractivity (Wildman–Crippen MR) is 91.4 cm³/mol. The van der Waals surface area contributed by atoms with Gasteiger partial charge in [0, 0.05) is 16.5 Å². The van der Waals surface area contributed by atoms with Crippen molar-refractivity contribution < 1.29 is 0 Å². The number of imidazole rings is 1. The van der Waals surface area contributed by atoms with Gasteiger partial charge in [0.1, 0.15) is 5.82 Å². The summed E-state index contributed by atoms with van der Waals surface area (Å²) < 4.78 is 3.11. The number of rotatable bonds is 3. The summed E-state index contributed by atoms with van der Waals surface area (Å²) in [5, 5.41) is 0. The molecular weight excluding hydrogens is 302 g/mol. The summed E-state index contributed by atoms with van der Waals surface area (Å²) in [6.07, 6.45) is 0. The van der Waals surface area contributed by atoms with Crippen LogP contribution in [0.1, 0.15) is 43.4 Å². The Bertz CT molecular complexity index is 788. The molecule has 0 aliphatic carbocycles. The van der Waals surface area contributed by atoms with Gasteiger partial charge in [-0.1, -0.05) is 25.4 Å². The van der Waals surface area contributed by atoms with Crippen molar-refractivity contribution in [3.8, 4) is 0 Å². The van der Waals surface area contributed by atoms with Gasteiger partial charge in [-0.3, -0.25) is 0 Å². The number of nitrogens with zero attached hydrogens (tertiary/aromatic N) is 2. The highest BCUT2D eigenvalue weighted by Crippen LogP contribution is 2.34. The van der Waals surface area contributed by atoms with Crippen LogP contribution >= 0.6 is 22.9 Å². The number of thiophene rings is 1. The third-order valence-electron chi connectivity index (χ3n) is 3.65. The lowest BCUT2D eigenvalue weighted by atomic mass is 10.2. The van der Waals surface area contributed by atoms with Gasteiger partial charge in [-0.2, -0.15) is 0 Å². The van der Waals surface area contributed by atoms with E-state index in [1.807, 2.05) is 18.2 Å². The molecule has 2 N–H and O–H groups in total. The van der Waals surface area contributed by atoms with Crippen molar-refractivity contribution >= 4 is 39.7 Å². The van der Waals surface area contributed by atoms with Gasteiger partial charge in [-0.25, -0.2) is 4.98 Å². The summed E-state index contributed by atoms with van der Waals surface area (Å²) >= 11 is 7.70. The Kier molecular flexibility index (Phi) is 3.68. The molecule has 1 unspecified atom stereocenters. The Labute approximate surface area is 133 Å². The van der Waals surface area contributed by atoms with Crippen molar-refractivity contribution in [2.24, 2.45) is 0 Å². The van der Waals surface area contributed by atoms with Crippen LogP contribution in [0.4, 0.5) is 5.69 Å². The van der Waals surface area contributed by atoms with Gasteiger partial charge in [0.25, 0.3) is 0 Å². The van der Waals surface area contributed by atoms with E-state index < -0.39 is 0 Å². The molecule has 0 bridgehead atoms. The van der Waals surface area contributed by atoms with Crippen molar-refractivity contribution in [1.29, 1.82) is 0 Å². The van der Waals surface area contributed by atoms with Gasteiger partial charge in [0.15, 0.2) is 0 Å².